The van der Waals surface area contributed by atoms with Crippen molar-refractivity contribution in [2.45, 2.75) is 37.8 Å². The largest absolute Gasteiger partial charge is 0.364 e. The van der Waals surface area contributed by atoms with Gasteiger partial charge in [-0.1, -0.05) is 6.42 Å². The van der Waals surface area contributed by atoms with E-state index >= 15 is 0 Å². The van der Waals surface area contributed by atoms with Crippen LogP contribution in [-0.2, 0) is 4.74 Å². The summed E-state index contributed by atoms with van der Waals surface area (Å²) in [4.78, 5) is 2.21. The first-order valence-corrected chi connectivity index (χ1v) is 4.44. The summed E-state index contributed by atoms with van der Waals surface area (Å²) < 4.78 is 5.57. The lowest BCUT2D eigenvalue weighted by molar-refractivity contribution is -0.136. The quantitative estimate of drug-likeness (QED) is 0.567. The maximum atomic E-state index is 5.57. The van der Waals surface area contributed by atoms with Gasteiger partial charge in [0, 0.05) is 7.11 Å². The monoisotopic (exact) mass is 157 g/mol. The van der Waals surface area contributed by atoms with Gasteiger partial charge < -0.3 is 4.74 Å². The van der Waals surface area contributed by atoms with Crippen LogP contribution >= 0.6 is 0 Å². The average Bonchev–Trinajstić information content (AvgIpc) is 2.05. The first kappa shape index (κ1) is 9.01. The van der Waals surface area contributed by atoms with Crippen molar-refractivity contribution in [3.63, 3.8) is 0 Å². The number of hydrogen-bond donors (Lipinski definition) is 0. The van der Waals surface area contributed by atoms with Gasteiger partial charge >= 0.3 is 0 Å². The Bertz CT molecular complexity index is 117. The fourth-order valence-electron chi connectivity index (χ4n) is 1.94. The highest BCUT2D eigenvalue weighted by molar-refractivity contribution is 4.80. The molecule has 1 aliphatic carbocycles. The van der Waals surface area contributed by atoms with Crippen molar-refractivity contribution in [1.29, 1.82) is 0 Å². The van der Waals surface area contributed by atoms with E-state index in [1.165, 1.54) is 32.1 Å². The standard InChI is InChI=1S/C9H19NO/c1-10(2)9(11-3)7-5-4-6-8-9/h4-8H2,1-3H3. The third-order valence-electron chi connectivity index (χ3n) is 2.83. The lowest BCUT2D eigenvalue weighted by atomic mass is 9.91. The van der Waals surface area contributed by atoms with Gasteiger partial charge in [-0.2, -0.15) is 0 Å². The molecule has 2 heteroatoms. The lowest BCUT2D eigenvalue weighted by Crippen LogP contribution is -2.47. The molecule has 1 fully saturated rings. The molecule has 0 aliphatic heterocycles. The van der Waals surface area contributed by atoms with Gasteiger partial charge in [0.25, 0.3) is 0 Å². The van der Waals surface area contributed by atoms with Gasteiger partial charge in [0.15, 0.2) is 0 Å². The molecule has 1 rings (SSSR count). The van der Waals surface area contributed by atoms with Crippen LogP contribution in [0.1, 0.15) is 32.1 Å². The van der Waals surface area contributed by atoms with Gasteiger partial charge in [0.1, 0.15) is 5.72 Å². The van der Waals surface area contributed by atoms with E-state index in [0.29, 0.717) is 0 Å². The summed E-state index contributed by atoms with van der Waals surface area (Å²) in [6.45, 7) is 0. The zero-order valence-electron chi connectivity index (χ0n) is 7.89. The van der Waals surface area contributed by atoms with E-state index in [4.69, 9.17) is 4.74 Å². The molecule has 0 amide bonds. The summed E-state index contributed by atoms with van der Waals surface area (Å²) in [5.74, 6) is 0. The molecule has 0 bridgehead atoms. The van der Waals surface area contributed by atoms with Crippen molar-refractivity contribution in [3.8, 4) is 0 Å². The van der Waals surface area contributed by atoms with Gasteiger partial charge in [-0.3, -0.25) is 4.90 Å². The fraction of sp³-hybridized carbons (Fsp3) is 1.00. The van der Waals surface area contributed by atoms with Gasteiger partial charge in [-0.05, 0) is 39.8 Å². The normalized spacial score (nSPS) is 24.0. The molecule has 2 nitrogen and oxygen atoms in total. The van der Waals surface area contributed by atoms with E-state index in [9.17, 15) is 0 Å². The molecule has 0 N–H and O–H groups in total. The van der Waals surface area contributed by atoms with Crippen LogP contribution in [-0.4, -0.2) is 31.8 Å². The Morgan fingerprint density at radius 2 is 1.64 bits per heavy atom. The minimum absolute atomic E-state index is 0.0538. The molecule has 1 saturated carbocycles. The van der Waals surface area contributed by atoms with Crippen molar-refractivity contribution in [3.05, 3.63) is 0 Å². The smallest absolute Gasteiger partial charge is 0.120 e. The third kappa shape index (κ3) is 1.74. The summed E-state index contributed by atoms with van der Waals surface area (Å²) in [5.41, 5.74) is 0.0538. The highest BCUT2D eigenvalue weighted by Gasteiger charge is 2.33. The van der Waals surface area contributed by atoms with Crippen LogP contribution in [0.4, 0.5) is 0 Å². The molecular weight excluding hydrogens is 138 g/mol. The Hall–Kier alpha value is -0.0800. The Labute approximate surface area is 69.5 Å². The van der Waals surface area contributed by atoms with E-state index in [0.717, 1.165) is 0 Å². The maximum Gasteiger partial charge on any atom is 0.120 e. The van der Waals surface area contributed by atoms with Crippen molar-refractivity contribution < 1.29 is 4.74 Å². The van der Waals surface area contributed by atoms with Gasteiger partial charge in [-0.25, -0.2) is 0 Å². The number of rotatable bonds is 2. The van der Waals surface area contributed by atoms with E-state index in [2.05, 4.69) is 19.0 Å². The Kier molecular flexibility index (Phi) is 2.90. The Morgan fingerprint density at radius 1 is 1.09 bits per heavy atom. The minimum atomic E-state index is 0.0538. The average molecular weight is 157 g/mol. The second kappa shape index (κ2) is 3.55. The zero-order chi connectivity index (χ0) is 8.32. The third-order valence-corrected chi connectivity index (χ3v) is 2.83. The summed E-state index contributed by atoms with van der Waals surface area (Å²) in [7, 11) is 6.04. The van der Waals surface area contributed by atoms with Crippen LogP contribution in [0.5, 0.6) is 0 Å². The molecule has 0 aromatic rings. The Balaban J connectivity index is 2.57. The summed E-state index contributed by atoms with van der Waals surface area (Å²) in [6.07, 6.45) is 6.38. The molecule has 0 aromatic heterocycles. The first-order valence-electron chi connectivity index (χ1n) is 4.44. The zero-order valence-corrected chi connectivity index (χ0v) is 7.89. The van der Waals surface area contributed by atoms with E-state index in [1.54, 1.807) is 0 Å². The van der Waals surface area contributed by atoms with E-state index < -0.39 is 0 Å². The molecular formula is C9H19NO. The number of ether oxygens (including phenoxy) is 1. The van der Waals surface area contributed by atoms with Crippen molar-refractivity contribution in [1.82, 2.24) is 4.90 Å². The summed E-state index contributed by atoms with van der Waals surface area (Å²) >= 11 is 0. The number of nitrogens with zero attached hydrogens (tertiary/aromatic N) is 1. The molecule has 11 heavy (non-hydrogen) atoms. The van der Waals surface area contributed by atoms with Crippen LogP contribution in [0.2, 0.25) is 0 Å². The van der Waals surface area contributed by atoms with Crippen LogP contribution in [0, 0.1) is 0 Å². The van der Waals surface area contributed by atoms with Crippen molar-refractivity contribution >= 4 is 0 Å². The van der Waals surface area contributed by atoms with Gasteiger partial charge in [-0.15, -0.1) is 0 Å². The van der Waals surface area contributed by atoms with Gasteiger partial charge in [0.05, 0.1) is 0 Å². The molecule has 0 heterocycles. The van der Waals surface area contributed by atoms with E-state index in [1.807, 2.05) is 7.11 Å². The molecule has 0 aromatic carbocycles. The van der Waals surface area contributed by atoms with Crippen LogP contribution in [0.15, 0.2) is 0 Å². The predicted octanol–water partition coefficient (Wildman–Crippen LogP) is 1.85. The molecule has 0 unspecified atom stereocenters. The highest BCUT2D eigenvalue weighted by Crippen LogP contribution is 2.32. The summed E-state index contributed by atoms with van der Waals surface area (Å²) in [6, 6.07) is 0. The van der Waals surface area contributed by atoms with Crippen molar-refractivity contribution in [2.75, 3.05) is 21.2 Å². The van der Waals surface area contributed by atoms with Crippen LogP contribution in [0.3, 0.4) is 0 Å². The topological polar surface area (TPSA) is 12.5 Å². The molecule has 66 valence electrons. The summed E-state index contributed by atoms with van der Waals surface area (Å²) in [5, 5.41) is 0. The lowest BCUT2D eigenvalue weighted by Gasteiger charge is -2.41. The van der Waals surface area contributed by atoms with Crippen LogP contribution < -0.4 is 0 Å². The predicted molar refractivity (Wildman–Crippen MR) is 46.5 cm³/mol. The van der Waals surface area contributed by atoms with Crippen molar-refractivity contribution in [2.24, 2.45) is 0 Å². The SMILES string of the molecule is COC1(N(C)C)CCCCC1. The molecule has 0 atom stereocenters. The maximum absolute atomic E-state index is 5.57. The van der Waals surface area contributed by atoms with Crippen LogP contribution in [0.25, 0.3) is 0 Å². The molecule has 0 saturated heterocycles. The minimum Gasteiger partial charge on any atom is -0.364 e. The van der Waals surface area contributed by atoms with E-state index in [-0.39, 0.29) is 5.72 Å². The fourth-order valence-corrected chi connectivity index (χ4v) is 1.94. The second-order valence-corrected chi connectivity index (χ2v) is 3.61. The number of hydrogen-bond acceptors (Lipinski definition) is 2. The Morgan fingerprint density at radius 3 is 1.91 bits per heavy atom. The highest BCUT2D eigenvalue weighted by atomic mass is 16.5. The number of methoxy groups -OCH3 is 1. The van der Waals surface area contributed by atoms with Gasteiger partial charge in [0.2, 0.25) is 0 Å². The molecule has 1 aliphatic rings. The first-order chi connectivity index (χ1) is 5.21. The second-order valence-electron chi connectivity index (χ2n) is 3.61. The molecule has 0 radical (unpaired) electrons. The molecule has 0 spiro atoms.